The molecular formula is C16H13BrClNO. The summed E-state index contributed by atoms with van der Waals surface area (Å²) in [5.74, 6) is 0.0607. The van der Waals surface area contributed by atoms with E-state index in [0.29, 0.717) is 6.42 Å². The summed E-state index contributed by atoms with van der Waals surface area (Å²) in [7, 11) is 0. The first-order chi connectivity index (χ1) is 9.54. The number of fused-ring (bicyclic) bond motifs is 1. The van der Waals surface area contributed by atoms with Crippen LogP contribution in [0.15, 0.2) is 36.4 Å². The highest BCUT2D eigenvalue weighted by Crippen LogP contribution is 2.35. The Morgan fingerprint density at radius 2 is 1.90 bits per heavy atom. The van der Waals surface area contributed by atoms with Crippen molar-refractivity contribution in [1.29, 1.82) is 0 Å². The lowest BCUT2D eigenvalue weighted by molar-refractivity contribution is -0.115. The molecule has 0 spiro atoms. The van der Waals surface area contributed by atoms with E-state index in [4.69, 9.17) is 11.6 Å². The molecule has 3 rings (SSSR count). The third-order valence-electron chi connectivity index (χ3n) is 3.52. The number of hydrogen-bond acceptors (Lipinski definition) is 1. The summed E-state index contributed by atoms with van der Waals surface area (Å²) < 4.78 is 0. The molecule has 0 saturated heterocycles. The van der Waals surface area contributed by atoms with Crippen molar-refractivity contribution in [2.45, 2.75) is 18.2 Å². The Kier molecular flexibility index (Phi) is 3.57. The molecule has 1 aliphatic rings. The van der Waals surface area contributed by atoms with Gasteiger partial charge in [-0.3, -0.25) is 4.79 Å². The molecule has 4 heteroatoms. The van der Waals surface area contributed by atoms with E-state index in [1.54, 1.807) is 0 Å². The van der Waals surface area contributed by atoms with Gasteiger partial charge in [-0.25, -0.2) is 0 Å². The molecule has 0 fully saturated rings. The van der Waals surface area contributed by atoms with Gasteiger partial charge < -0.3 is 5.32 Å². The number of carbonyl (C=O) groups excluding carboxylic acids is 1. The third kappa shape index (κ3) is 2.48. The van der Waals surface area contributed by atoms with E-state index >= 15 is 0 Å². The van der Waals surface area contributed by atoms with E-state index < -0.39 is 0 Å². The average molecular weight is 351 g/mol. The fourth-order valence-electron chi connectivity index (χ4n) is 2.42. The molecule has 1 aliphatic heterocycles. The summed E-state index contributed by atoms with van der Waals surface area (Å²) in [4.78, 5) is 11.5. The first-order valence-corrected chi connectivity index (χ1v) is 7.67. The zero-order valence-corrected chi connectivity index (χ0v) is 13.3. The van der Waals surface area contributed by atoms with E-state index in [1.807, 2.05) is 31.2 Å². The van der Waals surface area contributed by atoms with Crippen LogP contribution in [0.25, 0.3) is 0 Å². The van der Waals surface area contributed by atoms with Crippen LogP contribution in [0.4, 0.5) is 5.69 Å². The zero-order valence-electron chi connectivity index (χ0n) is 10.9. The van der Waals surface area contributed by atoms with Crippen LogP contribution >= 0.6 is 27.5 Å². The fraction of sp³-hybridized carbons (Fsp3) is 0.188. The van der Waals surface area contributed by atoms with Gasteiger partial charge in [0, 0.05) is 10.7 Å². The predicted octanol–water partition coefficient (Wildman–Crippen LogP) is 4.63. The van der Waals surface area contributed by atoms with Crippen LogP contribution in [-0.4, -0.2) is 5.91 Å². The van der Waals surface area contributed by atoms with E-state index in [2.05, 4.69) is 33.4 Å². The summed E-state index contributed by atoms with van der Waals surface area (Å²) in [5.41, 5.74) is 5.34. The van der Waals surface area contributed by atoms with Crippen molar-refractivity contribution in [3.05, 3.63) is 63.7 Å². The highest BCUT2D eigenvalue weighted by Gasteiger charge is 2.20. The van der Waals surface area contributed by atoms with Crippen molar-refractivity contribution < 1.29 is 4.79 Å². The van der Waals surface area contributed by atoms with Crippen molar-refractivity contribution in [2.75, 3.05) is 5.32 Å². The number of benzene rings is 2. The van der Waals surface area contributed by atoms with Crippen LogP contribution in [0.5, 0.6) is 0 Å². The van der Waals surface area contributed by atoms with Gasteiger partial charge in [0.2, 0.25) is 5.91 Å². The Bertz CT molecular complexity index is 699. The smallest absolute Gasteiger partial charge is 0.228 e. The standard InChI is InChI=1S/C16H13BrClNO/c1-9-6-10(2-4-13(9)18)16(17)11-3-5-14-12(7-11)8-15(20)19-14/h2-7,16H,8H2,1H3,(H,19,20). The third-order valence-corrected chi connectivity index (χ3v) is 5.00. The molecule has 1 heterocycles. The average Bonchev–Trinajstić information content (AvgIpc) is 2.80. The number of hydrogen-bond donors (Lipinski definition) is 1. The van der Waals surface area contributed by atoms with Gasteiger partial charge in [-0.05, 0) is 41.3 Å². The van der Waals surface area contributed by atoms with Crippen molar-refractivity contribution in [3.63, 3.8) is 0 Å². The normalized spacial score (nSPS) is 14.8. The van der Waals surface area contributed by atoms with Gasteiger partial charge >= 0.3 is 0 Å². The van der Waals surface area contributed by atoms with E-state index in [-0.39, 0.29) is 10.7 Å². The van der Waals surface area contributed by atoms with Crippen molar-refractivity contribution in [1.82, 2.24) is 0 Å². The molecule has 0 aromatic heterocycles. The number of alkyl halides is 1. The van der Waals surface area contributed by atoms with Crippen LogP contribution in [0.3, 0.4) is 0 Å². The maximum absolute atomic E-state index is 11.4. The SMILES string of the molecule is Cc1cc(C(Br)c2ccc3c(c2)CC(=O)N3)ccc1Cl. The van der Waals surface area contributed by atoms with Crippen molar-refractivity contribution in [2.24, 2.45) is 0 Å². The molecule has 2 aromatic rings. The second-order valence-corrected chi connectivity index (χ2v) is 6.34. The lowest BCUT2D eigenvalue weighted by Crippen LogP contribution is -2.03. The Morgan fingerprint density at radius 3 is 2.65 bits per heavy atom. The van der Waals surface area contributed by atoms with Crippen LogP contribution < -0.4 is 5.32 Å². The summed E-state index contributed by atoms with van der Waals surface area (Å²) in [6.45, 7) is 2.00. The molecule has 0 radical (unpaired) electrons. The Morgan fingerprint density at radius 1 is 1.20 bits per heavy atom. The number of rotatable bonds is 2. The van der Waals surface area contributed by atoms with Crippen LogP contribution in [0, 0.1) is 6.92 Å². The first-order valence-electron chi connectivity index (χ1n) is 6.37. The van der Waals surface area contributed by atoms with Gasteiger partial charge in [0.25, 0.3) is 0 Å². The quantitative estimate of drug-likeness (QED) is 0.786. The maximum Gasteiger partial charge on any atom is 0.228 e. The molecule has 2 aromatic carbocycles. The lowest BCUT2D eigenvalue weighted by atomic mass is 10.0. The number of halogens is 2. The Hall–Kier alpha value is -1.32. The number of nitrogens with one attached hydrogen (secondary N) is 1. The maximum atomic E-state index is 11.4. The molecule has 1 amide bonds. The minimum Gasteiger partial charge on any atom is -0.326 e. The van der Waals surface area contributed by atoms with E-state index in [9.17, 15) is 4.79 Å². The molecule has 1 atom stereocenters. The summed E-state index contributed by atoms with van der Waals surface area (Å²) in [6.07, 6.45) is 0.461. The molecule has 20 heavy (non-hydrogen) atoms. The number of aryl methyl sites for hydroxylation is 1. The highest BCUT2D eigenvalue weighted by atomic mass is 79.9. The molecule has 102 valence electrons. The molecule has 2 nitrogen and oxygen atoms in total. The molecule has 1 N–H and O–H groups in total. The zero-order chi connectivity index (χ0) is 14.3. The van der Waals surface area contributed by atoms with Gasteiger partial charge in [0.05, 0.1) is 11.2 Å². The fourth-order valence-corrected chi connectivity index (χ4v) is 3.11. The monoisotopic (exact) mass is 349 g/mol. The van der Waals surface area contributed by atoms with E-state index in [1.165, 1.54) is 0 Å². The van der Waals surface area contributed by atoms with Crippen LogP contribution in [-0.2, 0) is 11.2 Å². The largest absolute Gasteiger partial charge is 0.326 e. The number of anilines is 1. The summed E-state index contributed by atoms with van der Waals surface area (Å²) in [6, 6.07) is 12.1. The number of amides is 1. The molecular weight excluding hydrogens is 338 g/mol. The summed E-state index contributed by atoms with van der Waals surface area (Å²) >= 11 is 9.79. The molecule has 0 aliphatic carbocycles. The van der Waals surface area contributed by atoms with Gasteiger partial charge in [-0.15, -0.1) is 0 Å². The molecule has 0 bridgehead atoms. The van der Waals surface area contributed by atoms with Crippen molar-refractivity contribution >= 4 is 39.1 Å². The second kappa shape index (κ2) is 5.23. The minimum absolute atomic E-state index is 0.0607. The second-order valence-electron chi connectivity index (χ2n) is 5.01. The van der Waals surface area contributed by atoms with Crippen LogP contribution in [0.1, 0.15) is 27.1 Å². The minimum atomic E-state index is 0.0607. The topological polar surface area (TPSA) is 29.1 Å². The van der Waals surface area contributed by atoms with E-state index in [0.717, 1.165) is 33.0 Å². The lowest BCUT2D eigenvalue weighted by Gasteiger charge is -2.13. The predicted molar refractivity (Wildman–Crippen MR) is 85.7 cm³/mol. The van der Waals surface area contributed by atoms with Gasteiger partial charge in [0.1, 0.15) is 0 Å². The molecule has 1 unspecified atom stereocenters. The number of carbonyl (C=O) groups is 1. The van der Waals surface area contributed by atoms with Crippen LogP contribution in [0.2, 0.25) is 5.02 Å². The van der Waals surface area contributed by atoms with Gasteiger partial charge in [-0.2, -0.15) is 0 Å². The molecule has 0 saturated carbocycles. The summed E-state index contributed by atoms with van der Waals surface area (Å²) in [5, 5.41) is 3.62. The first kappa shape index (κ1) is 13.7. The Labute approximate surface area is 131 Å². The highest BCUT2D eigenvalue weighted by molar-refractivity contribution is 9.09. The van der Waals surface area contributed by atoms with Crippen molar-refractivity contribution in [3.8, 4) is 0 Å². The van der Waals surface area contributed by atoms with Gasteiger partial charge in [-0.1, -0.05) is 51.8 Å². The Balaban J connectivity index is 1.94. The van der Waals surface area contributed by atoms with Gasteiger partial charge in [0.15, 0.2) is 0 Å².